The maximum absolute atomic E-state index is 13.0. The number of ether oxygens (including phenoxy) is 1. The minimum atomic E-state index is -0.675. The smallest absolute Gasteiger partial charge is 0.253 e. The van der Waals surface area contributed by atoms with Crippen molar-refractivity contribution in [2.24, 2.45) is 5.92 Å². The molecular weight excluding hydrogens is 418 g/mol. The van der Waals surface area contributed by atoms with Gasteiger partial charge < -0.3 is 20.3 Å². The predicted molar refractivity (Wildman–Crippen MR) is 127 cm³/mol. The molecule has 3 rings (SSSR count). The lowest BCUT2D eigenvalue weighted by atomic mass is 9.88. The lowest BCUT2D eigenvalue weighted by Crippen LogP contribution is -2.54. The first kappa shape index (κ1) is 24.5. The van der Waals surface area contributed by atoms with Gasteiger partial charge >= 0.3 is 0 Å². The van der Waals surface area contributed by atoms with Gasteiger partial charge in [-0.25, -0.2) is 0 Å². The highest BCUT2D eigenvalue weighted by Crippen LogP contribution is 2.23. The Kier molecular flexibility index (Phi) is 8.60. The predicted octanol–water partition coefficient (Wildman–Crippen LogP) is 2.72. The van der Waals surface area contributed by atoms with Gasteiger partial charge in [0, 0.05) is 37.9 Å². The molecule has 176 valence electrons. The molecule has 7 heteroatoms. The number of nitrogens with one attached hydrogen (secondary N) is 2. The summed E-state index contributed by atoms with van der Waals surface area (Å²) in [6.07, 6.45) is 1.27. The number of hydrogen-bond donors (Lipinski definition) is 2. The quantitative estimate of drug-likeness (QED) is 0.604. The van der Waals surface area contributed by atoms with Gasteiger partial charge in [0.2, 0.25) is 5.91 Å². The molecule has 0 spiro atoms. The van der Waals surface area contributed by atoms with Gasteiger partial charge in [0.15, 0.2) is 0 Å². The number of methoxy groups -OCH3 is 1. The van der Waals surface area contributed by atoms with E-state index in [2.05, 4.69) is 10.6 Å². The normalized spacial score (nSPS) is 15.1. The summed E-state index contributed by atoms with van der Waals surface area (Å²) in [4.78, 5) is 40.6. The van der Waals surface area contributed by atoms with Crippen LogP contribution in [0.15, 0.2) is 48.5 Å². The van der Waals surface area contributed by atoms with Crippen LogP contribution in [-0.4, -0.2) is 62.0 Å². The Morgan fingerprint density at radius 1 is 1.03 bits per heavy atom. The summed E-state index contributed by atoms with van der Waals surface area (Å²) in [6, 6.07) is 14.2. The monoisotopic (exact) mass is 451 g/mol. The molecule has 0 saturated carbocycles. The number of amides is 3. The van der Waals surface area contributed by atoms with Crippen molar-refractivity contribution in [1.29, 1.82) is 0 Å². The third-order valence-electron chi connectivity index (χ3n) is 6.16. The fraction of sp³-hybridized carbons (Fsp3) is 0.423. The number of benzene rings is 2. The SMILES string of the molecule is COCCNC(=O)[C@H](NC(=O)c1ccccc1C)C1CCN(C(=O)c2ccc(C)cc2)CC1. The summed E-state index contributed by atoms with van der Waals surface area (Å²) in [6.45, 7) is 5.71. The van der Waals surface area contributed by atoms with Crippen LogP contribution in [0, 0.1) is 19.8 Å². The molecule has 0 aromatic heterocycles. The number of rotatable bonds is 8. The molecule has 2 N–H and O–H groups in total. The fourth-order valence-corrected chi connectivity index (χ4v) is 4.14. The van der Waals surface area contributed by atoms with Crippen LogP contribution >= 0.6 is 0 Å². The van der Waals surface area contributed by atoms with Crippen molar-refractivity contribution in [3.05, 3.63) is 70.8 Å². The van der Waals surface area contributed by atoms with Crippen molar-refractivity contribution >= 4 is 17.7 Å². The molecule has 1 aliphatic heterocycles. The molecule has 1 atom stereocenters. The molecule has 1 saturated heterocycles. The Bertz CT molecular complexity index is 966. The zero-order chi connectivity index (χ0) is 23.8. The first-order valence-corrected chi connectivity index (χ1v) is 11.4. The number of likely N-dealkylation sites (tertiary alicyclic amines) is 1. The summed E-state index contributed by atoms with van der Waals surface area (Å²) in [5.41, 5.74) is 3.18. The number of carbonyl (C=O) groups excluding carboxylic acids is 3. The molecular formula is C26H33N3O4. The summed E-state index contributed by atoms with van der Waals surface area (Å²) in [5.74, 6) is -0.559. The van der Waals surface area contributed by atoms with Crippen molar-refractivity contribution in [2.45, 2.75) is 32.7 Å². The van der Waals surface area contributed by atoms with Gasteiger partial charge in [-0.15, -0.1) is 0 Å². The minimum absolute atomic E-state index is 0.00140. The molecule has 0 bridgehead atoms. The lowest BCUT2D eigenvalue weighted by molar-refractivity contribution is -0.124. The van der Waals surface area contributed by atoms with Crippen LogP contribution in [0.1, 0.15) is 44.7 Å². The van der Waals surface area contributed by atoms with Crippen molar-refractivity contribution in [3.8, 4) is 0 Å². The summed E-state index contributed by atoms with van der Waals surface area (Å²) < 4.78 is 5.03. The van der Waals surface area contributed by atoms with Crippen LogP contribution < -0.4 is 10.6 Å². The number of nitrogens with zero attached hydrogens (tertiary/aromatic N) is 1. The highest BCUT2D eigenvalue weighted by atomic mass is 16.5. The molecule has 1 heterocycles. The molecule has 0 unspecified atom stereocenters. The van der Waals surface area contributed by atoms with Crippen molar-refractivity contribution < 1.29 is 19.1 Å². The lowest BCUT2D eigenvalue weighted by Gasteiger charge is -2.36. The van der Waals surface area contributed by atoms with E-state index in [1.165, 1.54) is 0 Å². The van der Waals surface area contributed by atoms with Crippen molar-refractivity contribution in [1.82, 2.24) is 15.5 Å². The molecule has 3 amide bonds. The zero-order valence-corrected chi connectivity index (χ0v) is 19.6. The highest BCUT2D eigenvalue weighted by Gasteiger charge is 2.34. The van der Waals surface area contributed by atoms with Crippen LogP contribution in [0.2, 0.25) is 0 Å². The molecule has 7 nitrogen and oxygen atoms in total. The minimum Gasteiger partial charge on any atom is -0.383 e. The van der Waals surface area contributed by atoms with Gasteiger partial charge in [0.1, 0.15) is 6.04 Å². The third-order valence-corrected chi connectivity index (χ3v) is 6.16. The van der Waals surface area contributed by atoms with Crippen LogP contribution in [0.5, 0.6) is 0 Å². The topological polar surface area (TPSA) is 87.7 Å². The molecule has 2 aromatic rings. The van der Waals surface area contributed by atoms with Crippen molar-refractivity contribution in [3.63, 3.8) is 0 Å². The summed E-state index contributed by atoms with van der Waals surface area (Å²) in [5, 5.41) is 5.82. The Labute approximate surface area is 195 Å². The first-order valence-electron chi connectivity index (χ1n) is 11.4. The number of carbonyl (C=O) groups is 3. The highest BCUT2D eigenvalue weighted by molar-refractivity contribution is 5.98. The van der Waals surface area contributed by atoms with Gasteiger partial charge in [-0.1, -0.05) is 35.9 Å². The number of piperidine rings is 1. The second-order valence-corrected chi connectivity index (χ2v) is 8.55. The van der Waals surface area contributed by atoms with Gasteiger partial charge in [-0.2, -0.15) is 0 Å². The zero-order valence-electron chi connectivity index (χ0n) is 19.6. The molecule has 1 fully saturated rings. The average Bonchev–Trinajstić information content (AvgIpc) is 2.83. The number of hydrogen-bond acceptors (Lipinski definition) is 4. The number of aryl methyl sites for hydroxylation is 2. The van der Waals surface area contributed by atoms with E-state index in [0.717, 1.165) is 11.1 Å². The van der Waals surface area contributed by atoms with E-state index in [0.29, 0.717) is 50.2 Å². The van der Waals surface area contributed by atoms with Crippen LogP contribution in [0.3, 0.4) is 0 Å². The van der Waals surface area contributed by atoms with Gasteiger partial charge in [-0.05, 0) is 56.4 Å². The van der Waals surface area contributed by atoms with Crippen LogP contribution in [0.25, 0.3) is 0 Å². The maximum Gasteiger partial charge on any atom is 0.253 e. The van der Waals surface area contributed by atoms with Crippen LogP contribution in [0.4, 0.5) is 0 Å². The van der Waals surface area contributed by atoms with E-state index in [4.69, 9.17) is 4.74 Å². The van der Waals surface area contributed by atoms with Gasteiger partial charge in [-0.3, -0.25) is 14.4 Å². The molecule has 0 aliphatic carbocycles. The Morgan fingerprint density at radius 2 is 1.70 bits per heavy atom. The molecule has 1 aliphatic rings. The summed E-state index contributed by atoms with van der Waals surface area (Å²) in [7, 11) is 1.57. The fourth-order valence-electron chi connectivity index (χ4n) is 4.14. The van der Waals surface area contributed by atoms with E-state index in [1.54, 1.807) is 13.2 Å². The van der Waals surface area contributed by atoms with Crippen LogP contribution in [-0.2, 0) is 9.53 Å². The Hall–Kier alpha value is -3.19. The van der Waals surface area contributed by atoms with E-state index in [9.17, 15) is 14.4 Å². The second-order valence-electron chi connectivity index (χ2n) is 8.55. The van der Waals surface area contributed by atoms with Gasteiger partial charge in [0.25, 0.3) is 11.8 Å². The Morgan fingerprint density at radius 3 is 2.33 bits per heavy atom. The van der Waals surface area contributed by atoms with E-state index in [-0.39, 0.29) is 23.6 Å². The summed E-state index contributed by atoms with van der Waals surface area (Å²) >= 11 is 0. The third kappa shape index (κ3) is 6.42. The van der Waals surface area contributed by atoms with E-state index in [1.807, 2.05) is 61.2 Å². The molecule has 33 heavy (non-hydrogen) atoms. The second kappa shape index (κ2) is 11.6. The average molecular weight is 452 g/mol. The van der Waals surface area contributed by atoms with Crippen molar-refractivity contribution in [2.75, 3.05) is 33.4 Å². The van der Waals surface area contributed by atoms with E-state index < -0.39 is 6.04 Å². The Balaban J connectivity index is 1.68. The van der Waals surface area contributed by atoms with E-state index >= 15 is 0 Å². The maximum atomic E-state index is 13.0. The standard InChI is InChI=1S/C26H33N3O4/c1-18-8-10-21(11-9-18)26(32)29-15-12-20(13-16-29)23(25(31)27-14-17-33-3)28-24(30)22-7-5-4-6-19(22)2/h4-11,20,23H,12-17H2,1-3H3,(H,27,31)(H,28,30)/t23-/m1/s1. The molecule has 2 aromatic carbocycles. The molecule has 0 radical (unpaired) electrons. The van der Waals surface area contributed by atoms with Gasteiger partial charge in [0.05, 0.1) is 6.61 Å². The first-order chi connectivity index (χ1) is 15.9. The largest absolute Gasteiger partial charge is 0.383 e.